The molecule has 30 heavy (non-hydrogen) atoms. The predicted molar refractivity (Wildman–Crippen MR) is 124 cm³/mol. The van der Waals surface area contributed by atoms with E-state index in [2.05, 4.69) is 54.6 Å². The predicted octanol–water partition coefficient (Wildman–Crippen LogP) is 7.02. The molecule has 2 nitrogen and oxygen atoms in total. The average molecular weight is 433 g/mol. The first-order valence-electron chi connectivity index (χ1n) is 10.8. The fraction of sp³-hybridized carbons (Fsp3) is 0.308. The van der Waals surface area contributed by atoms with Gasteiger partial charge in [0.2, 0.25) is 0 Å². The summed E-state index contributed by atoms with van der Waals surface area (Å²) in [5.74, 6) is 2.12. The Morgan fingerprint density at radius 3 is 2.57 bits per heavy atom. The van der Waals surface area contributed by atoms with Crippen molar-refractivity contribution in [3.8, 4) is 11.5 Å². The van der Waals surface area contributed by atoms with Gasteiger partial charge in [0.15, 0.2) is 0 Å². The van der Waals surface area contributed by atoms with Gasteiger partial charge < -0.3 is 9.47 Å². The molecule has 3 aliphatic heterocycles. The molecule has 3 aromatic carbocycles. The fourth-order valence-corrected chi connectivity index (χ4v) is 6.99. The van der Waals surface area contributed by atoms with Crippen molar-refractivity contribution < 1.29 is 9.47 Å². The molecular formula is C26H24O2S2. The topological polar surface area (TPSA) is 18.5 Å². The number of para-hydroxylation sites is 1. The number of hydrogen-bond acceptors (Lipinski definition) is 4. The molecule has 2 atom stereocenters. The minimum Gasteiger partial charge on any atom is -0.493 e. The van der Waals surface area contributed by atoms with Gasteiger partial charge in [0.1, 0.15) is 18.1 Å². The number of hydrogen-bond donors (Lipinski definition) is 0. The van der Waals surface area contributed by atoms with Crippen LogP contribution < -0.4 is 9.47 Å². The lowest BCUT2D eigenvalue weighted by Crippen LogP contribution is -2.13. The molecule has 3 aromatic rings. The van der Waals surface area contributed by atoms with Crippen LogP contribution in [-0.2, 0) is 12.8 Å². The first-order chi connectivity index (χ1) is 14.8. The van der Waals surface area contributed by atoms with Crippen molar-refractivity contribution in [1.82, 2.24) is 0 Å². The van der Waals surface area contributed by atoms with Crippen LogP contribution in [0.4, 0.5) is 0 Å². The van der Waals surface area contributed by atoms with E-state index in [1.807, 2.05) is 29.6 Å². The molecule has 0 aliphatic carbocycles. The van der Waals surface area contributed by atoms with Crippen molar-refractivity contribution in [3.63, 3.8) is 0 Å². The van der Waals surface area contributed by atoms with Gasteiger partial charge in [0, 0.05) is 10.1 Å². The summed E-state index contributed by atoms with van der Waals surface area (Å²) in [7, 11) is 0. The highest BCUT2D eigenvalue weighted by Crippen LogP contribution is 2.48. The molecule has 0 radical (unpaired) electrons. The van der Waals surface area contributed by atoms with Crippen LogP contribution in [0.2, 0.25) is 0 Å². The number of aryl methyl sites for hydroxylation is 2. The average Bonchev–Trinajstić information content (AvgIpc) is 2.83. The molecule has 0 amide bonds. The molecular weight excluding hydrogens is 408 g/mol. The largest absolute Gasteiger partial charge is 0.493 e. The summed E-state index contributed by atoms with van der Waals surface area (Å²) in [6.07, 6.45) is 4.59. The Morgan fingerprint density at radius 2 is 1.57 bits per heavy atom. The molecule has 2 unspecified atom stereocenters. The normalized spacial score (nSPS) is 22.1. The number of benzene rings is 3. The molecule has 6 rings (SSSR count). The Bertz CT molecular complexity index is 1090. The molecule has 0 spiro atoms. The van der Waals surface area contributed by atoms with Crippen molar-refractivity contribution in [2.45, 2.75) is 46.0 Å². The Morgan fingerprint density at radius 1 is 0.700 bits per heavy atom. The highest BCUT2D eigenvalue weighted by molar-refractivity contribution is 8.00. The second-order valence-electron chi connectivity index (χ2n) is 8.20. The molecule has 0 aromatic heterocycles. The van der Waals surface area contributed by atoms with Crippen LogP contribution in [0.3, 0.4) is 0 Å². The summed E-state index contributed by atoms with van der Waals surface area (Å²) in [6, 6.07) is 22.3. The van der Waals surface area contributed by atoms with Gasteiger partial charge in [-0.15, -0.1) is 23.5 Å². The third-order valence-corrected chi connectivity index (χ3v) is 8.95. The van der Waals surface area contributed by atoms with Crippen LogP contribution in [0, 0.1) is 0 Å². The van der Waals surface area contributed by atoms with Gasteiger partial charge in [0.25, 0.3) is 0 Å². The second kappa shape index (κ2) is 7.90. The maximum absolute atomic E-state index is 6.02. The van der Waals surface area contributed by atoms with Crippen molar-refractivity contribution in [2.24, 2.45) is 0 Å². The van der Waals surface area contributed by atoms with E-state index in [1.54, 1.807) is 0 Å². The van der Waals surface area contributed by atoms with Crippen molar-refractivity contribution in [1.29, 1.82) is 0 Å². The van der Waals surface area contributed by atoms with Crippen molar-refractivity contribution in [3.05, 3.63) is 82.9 Å². The molecule has 0 N–H and O–H groups in total. The van der Waals surface area contributed by atoms with Gasteiger partial charge >= 0.3 is 0 Å². The monoisotopic (exact) mass is 432 g/mol. The Balaban J connectivity index is 1.21. The maximum atomic E-state index is 6.02. The number of ether oxygens (including phenoxy) is 2. The van der Waals surface area contributed by atoms with E-state index in [0.717, 1.165) is 44.0 Å². The van der Waals surface area contributed by atoms with Gasteiger partial charge in [-0.05, 0) is 72.2 Å². The molecule has 152 valence electrons. The van der Waals surface area contributed by atoms with Crippen molar-refractivity contribution >= 4 is 23.5 Å². The Hall–Kier alpha value is -2.04. The number of rotatable bonds is 2. The molecule has 0 saturated heterocycles. The summed E-state index contributed by atoms with van der Waals surface area (Å²) in [4.78, 5) is 2.67. The Kier molecular flexibility index (Phi) is 4.93. The quantitative estimate of drug-likeness (QED) is 0.433. The molecule has 0 fully saturated rings. The maximum Gasteiger partial charge on any atom is 0.132 e. The molecule has 4 heteroatoms. The standard InChI is InChI=1S/C26H24O2S2/c1-2-6-25-21(5-1)28-16-26(30-25)19-10-12-23-18(14-19)9-11-24(29-23)20-8-7-17-4-3-13-27-22(17)15-20/h1-2,5-8,10,12,14-15,24,26H,3-4,9,11,13,16H2. The minimum absolute atomic E-state index is 0.366. The number of thioether (sulfide) groups is 2. The van der Waals surface area contributed by atoms with E-state index < -0.39 is 0 Å². The zero-order chi connectivity index (χ0) is 19.9. The lowest BCUT2D eigenvalue weighted by atomic mass is 9.98. The minimum atomic E-state index is 0.366. The van der Waals surface area contributed by atoms with E-state index in [9.17, 15) is 0 Å². The fourth-order valence-electron chi connectivity index (χ4n) is 4.58. The summed E-state index contributed by atoms with van der Waals surface area (Å²) in [5, 5.41) is 0.879. The second-order valence-corrected chi connectivity index (χ2v) is 10.7. The van der Waals surface area contributed by atoms with Gasteiger partial charge in [-0.2, -0.15) is 0 Å². The van der Waals surface area contributed by atoms with Gasteiger partial charge in [-0.1, -0.05) is 36.4 Å². The van der Waals surface area contributed by atoms with Gasteiger partial charge in [-0.25, -0.2) is 0 Å². The Labute approximate surface area is 186 Å². The zero-order valence-corrected chi connectivity index (χ0v) is 18.4. The van der Waals surface area contributed by atoms with Gasteiger partial charge in [0.05, 0.1) is 16.8 Å². The molecule has 3 heterocycles. The van der Waals surface area contributed by atoms with Crippen molar-refractivity contribution in [2.75, 3.05) is 13.2 Å². The third-order valence-electron chi connectivity index (χ3n) is 6.22. The van der Waals surface area contributed by atoms with Crippen LogP contribution in [0.15, 0.2) is 70.5 Å². The molecule has 0 bridgehead atoms. The van der Waals surface area contributed by atoms with E-state index in [1.165, 1.54) is 38.5 Å². The van der Waals surface area contributed by atoms with Gasteiger partial charge in [-0.3, -0.25) is 0 Å². The third kappa shape index (κ3) is 3.50. The summed E-state index contributed by atoms with van der Waals surface area (Å²) >= 11 is 3.94. The SMILES string of the molecule is c1ccc2c(c1)OCC(c1ccc3c(c1)CCC(c1ccc4c(c1)OCCC4)S3)S2. The van der Waals surface area contributed by atoms with E-state index in [0.29, 0.717) is 10.5 Å². The van der Waals surface area contributed by atoms with Crippen LogP contribution in [-0.4, -0.2) is 13.2 Å². The van der Waals surface area contributed by atoms with Crippen LogP contribution >= 0.6 is 23.5 Å². The van der Waals surface area contributed by atoms with E-state index in [4.69, 9.17) is 9.47 Å². The lowest BCUT2D eigenvalue weighted by molar-refractivity contribution is 0.288. The highest BCUT2D eigenvalue weighted by atomic mass is 32.2. The number of fused-ring (bicyclic) bond motifs is 3. The summed E-state index contributed by atoms with van der Waals surface area (Å²) < 4.78 is 11.9. The first kappa shape index (κ1) is 18.7. The summed E-state index contributed by atoms with van der Waals surface area (Å²) in [5.41, 5.74) is 5.64. The molecule has 3 aliphatic rings. The smallest absolute Gasteiger partial charge is 0.132 e. The zero-order valence-electron chi connectivity index (χ0n) is 16.8. The van der Waals surface area contributed by atoms with Crippen LogP contribution in [0.1, 0.15) is 45.6 Å². The molecule has 0 saturated carbocycles. The van der Waals surface area contributed by atoms with Crippen LogP contribution in [0.25, 0.3) is 0 Å². The highest BCUT2D eigenvalue weighted by Gasteiger charge is 2.26. The van der Waals surface area contributed by atoms with Crippen LogP contribution in [0.5, 0.6) is 11.5 Å². The lowest BCUT2D eigenvalue weighted by Gasteiger charge is -2.28. The van der Waals surface area contributed by atoms with E-state index in [-0.39, 0.29) is 0 Å². The summed E-state index contributed by atoms with van der Waals surface area (Å²) in [6.45, 7) is 1.60. The first-order valence-corrected chi connectivity index (χ1v) is 12.5. The van der Waals surface area contributed by atoms with E-state index >= 15 is 0 Å².